The third-order valence-corrected chi connectivity index (χ3v) is 5.07. The fraction of sp³-hybridized carbons (Fsp3) is 0.0870. The number of fused-ring (bicyclic) bond motifs is 1. The highest BCUT2D eigenvalue weighted by atomic mass is 19.4. The van der Waals surface area contributed by atoms with Crippen LogP contribution in [0.5, 0.6) is 0 Å². The van der Waals surface area contributed by atoms with E-state index in [-0.39, 0.29) is 11.4 Å². The molecule has 1 amide bonds. The molecule has 0 aliphatic heterocycles. The van der Waals surface area contributed by atoms with E-state index in [0.29, 0.717) is 22.5 Å². The summed E-state index contributed by atoms with van der Waals surface area (Å²) in [6, 6.07) is 15.2. The van der Waals surface area contributed by atoms with Crippen molar-refractivity contribution in [2.24, 2.45) is 0 Å². The average molecular weight is 463 g/mol. The molecule has 0 spiro atoms. The molecular weight excluding hydrogens is 447 g/mol. The largest absolute Gasteiger partial charge is 0.416 e. The third-order valence-electron chi connectivity index (χ3n) is 5.07. The second-order valence-corrected chi connectivity index (χ2v) is 7.44. The van der Waals surface area contributed by atoms with Gasteiger partial charge in [-0.15, -0.1) is 0 Å². The summed E-state index contributed by atoms with van der Waals surface area (Å²) in [5.41, 5.74) is 0.860. The predicted molar refractivity (Wildman–Crippen MR) is 118 cm³/mol. The first-order chi connectivity index (χ1) is 16.3. The number of nitrogens with one attached hydrogen (secondary N) is 1. The van der Waals surface area contributed by atoms with Crippen LogP contribution in [0, 0.1) is 6.92 Å². The van der Waals surface area contributed by atoms with Gasteiger partial charge < -0.3 is 5.32 Å². The van der Waals surface area contributed by atoms with E-state index in [1.165, 1.54) is 23.1 Å². The summed E-state index contributed by atoms with van der Waals surface area (Å²) >= 11 is 0. The topological polar surface area (TPSA) is 90.5 Å². The van der Waals surface area contributed by atoms with Gasteiger partial charge in [-0.25, -0.2) is 14.6 Å². The molecule has 3 heterocycles. The highest BCUT2D eigenvalue weighted by Crippen LogP contribution is 2.30. The van der Waals surface area contributed by atoms with E-state index < -0.39 is 17.6 Å². The molecule has 5 rings (SSSR count). The molecule has 0 saturated heterocycles. The lowest BCUT2D eigenvalue weighted by Gasteiger charge is -2.11. The molecule has 11 heteroatoms. The molecule has 0 unspecified atom stereocenters. The Bertz CT molecular complexity index is 1510. The number of rotatable bonds is 4. The molecule has 34 heavy (non-hydrogen) atoms. The summed E-state index contributed by atoms with van der Waals surface area (Å²) in [5.74, 6) is -0.107. The minimum atomic E-state index is -4.56. The standard InChI is InChI=1S/C23H16F3N7O/c1-14-10-19(30-22(34)15-6-5-7-16(11-15)23(24,25)26)33(31-14)21-18-12-29-32(20(18)27-13-28-21)17-8-3-2-4-9-17/h2-13H,1H3,(H,30,34). The molecule has 0 radical (unpaired) electrons. The van der Waals surface area contributed by atoms with Gasteiger partial charge in [-0.1, -0.05) is 24.3 Å². The first-order valence-corrected chi connectivity index (χ1v) is 10.1. The van der Waals surface area contributed by atoms with Gasteiger partial charge in [0.1, 0.15) is 12.1 Å². The maximum Gasteiger partial charge on any atom is 0.416 e. The van der Waals surface area contributed by atoms with Crippen molar-refractivity contribution in [1.29, 1.82) is 0 Å². The quantitative estimate of drug-likeness (QED) is 0.421. The number of nitrogens with zero attached hydrogens (tertiary/aromatic N) is 6. The number of alkyl halides is 3. The van der Waals surface area contributed by atoms with Crippen molar-refractivity contribution < 1.29 is 18.0 Å². The average Bonchev–Trinajstić information content (AvgIpc) is 3.42. The Morgan fingerprint density at radius 3 is 2.53 bits per heavy atom. The number of hydrogen-bond acceptors (Lipinski definition) is 5. The molecule has 0 bridgehead atoms. The highest BCUT2D eigenvalue weighted by Gasteiger charge is 2.31. The zero-order valence-electron chi connectivity index (χ0n) is 17.7. The zero-order chi connectivity index (χ0) is 23.9. The molecule has 5 aromatic rings. The number of halogens is 3. The minimum absolute atomic E-state index is 0.134. The van der Waals surface area contributed by atoms with Gasteiger partial charge in [0.2, 0.25) is 0 Å². The maximum atomic E-state index is 13.1. The van der Waals surface area contributed by atoms with E-state index in [1.54, 1.807) is 23.9 Å². The molecule has 0 aliphatic carbocycles. The van der Waals surface area contributed by atoms with Crippen LogP contribution in [0.25, 0.3) is 22.5 Å². The Kier molecular flexibility index (Phi) is 5.08. The van der Waals surface area contributed by atoms with Gasteiger partial charge in [0.25, 0.3) is 5.91 Å². The van der Waals surface area contributed by atoms with Crippen LogP contribution in [0.4, 0.5) is 19.0 Å². The van der Waals surface area contributed by atoms with E-state index >= 15 is 0 Å². The molecule has 0 saturated carbocycles. The van der Waals surface area contributed by atoms with E-state index in [0.717, 1.165) is 17.8 Å². The van der Waals surface area contributed by atoms with Crippen LogP contribution >= 0.6 is 0 Å². The summed E-state index contributed by atoms with van der Waals surface area (Å²) in [6.45, 7) is 1.72. The van der Waals surface area contributed by atoms with Crippen molar-refractivity contribution in [2.75, 3.05) is 5.32 Å². The van der Waals surface area contributed by atoms with Gasteiger partial charge in [0.15, 0.2) is 11.5 Å². The normalized spacial score (nSPS) is 11.6. The first kappa shape index (κ1) is 21.3. The smallest absolute Gasteiger partial charge is 0.306 e. The summed E-state index contributed by atoms with van der Waals surface area (Å²) in [5, 5.41) is 12.0. The van der Waals surface area contributed by atoms with E-state index in [9.17, 15) is 18.0 Å². The number of carbonyl (C=O) groups excluding carboxylic acids is 1. The Labute approximate surface area is 190 Å². The predicted octanol–water partition coefficient (Wildman–Crippen LogP) is 4.58. The third kappa shape index (κ3) is 3.87. The van der Waals surface area contributed by atoms with Crippen molar-refractivity contribution in [2.45, 2.75) is 13.1 Å². The van der Waals surface area contributed by atoms with Crippen LogP contribution in [0.3, 0.4) is 0 Å². The van der Waals surface area contributed by atoms with Crippen LogP contribution in [0.2, 0.25) is 0 Å². The van der Waals surface area contributed by atoms with E-state index in [2.05, 4.69) is 25.5 Å². The van der Waals surface area contributed by atoms with E-state index in [4.69, 9.17) is 0 Å². The number of para-hydroxylation sites is 1. The second kappa shape index (κ2) is 8.10. The van der Waals surface area contributed by atoms with Crippen LogP contribution in [-0.2, 0) is 6.18 Å². The molecule has 1 N–H and O–H groups in total. The van der Waals surface area contributed by atoms with Crippen molar-refractivity contribution >= 4 is 22.8 Å². The van der Waals surface area contributed by atoms with Crippen LogP contribution in [-0.4, -0.2) is 35.4 Å². The van der Waals surface area contributed by atoms with Crippen LogP contribution < -0.4 is 5.32 Å². The fourth-order valence-corrected chi connectivity index (χ4v) is 3.53. The van der Waals surface area contributed by atoms with Gasteiger partial charge >= 0.3 is 6.18 Å². The Morgan fingerprint density at radius 1 is 0.971 bits per heavy atom. The fourth-order valence-electron chi connectivity index (χ4n) is 3.53. The second-order valence-electron chi connectivity index (χ2n) is 7.44. The van der Waals surface area contributed by atoms with Crippen molar-refractivity contribution in [3.8, 4) is 11.5 Å². The lowest BCUT2D eigenvalue weighted by Crippen LogP contribution is -2.17. The molecule has 8 nitrogen and oxygen atoms in total. The highest BCUT2D eigenvalue weighted by molar-refractivity contribution is 6.04. The van der Waals surface area contributed by atoms with Gasteiger partial charge in [-0.3, -0.25) is 4.79 Å². The molecule has 2 aromatic carbocycles. The van der Waals surface area contributed by atoms with Gasteiger partial charge in [0, 0.05) is 11.6 Å². The monoisotopic (exact) mass is 463 g/mol. The number of aryl methyl sites for hydroxylation is 1. The van der Waals surface area contributed by atoms with Crippen molar-refractivity contribution in [1.82, 2.24) is 29.5 Å². The summed E-state index contributed by atoms with van der Waals surface area (Å²) in [6.07, 6.45) is -1.61. The summed E-state index contributed by atoms with van der Waals surface area (Å²) < 4.78 is 42.2. The van der Waals surface area contributed by atoms with Gasteiger partial charge in [-0.2, -0.15) is 28.1 Å². The molecule has 170 valence electrons. The minimum Gasteiger partial charge on any atom is -0.306 e. The lowest BCUT2D eigenvalue weighted by molar-refractivity contribution is -0.137. The van der Waals surface area contributed by atoms with E-state index in [1.807, 2.05) is 30.3 Å². The zero-order valence-corrected chi connectivity index (χ0v) is 17.7. The van der Waals surface area contributed by atoms with Crippen LogP contribution in [0.1, 0.15) is 21.6 Å². The van der Waals surface area contributed by atoms with Crippen molar-refractivity contribution in [3.63, 3.8) is 0 Å². The number of benzene rings is 2. The molecule has 0 aliphatic rings. The van der Waals surface area contributed by atoms with Gasteiger partial charge in [0.05, 0.1) is 28.5 Å². The van der Waals surface area contributed by atoms with Gasteiger partial charge in [-0.05, 0) is 37.3 Å². The van der Waals surface area contributed by atoms with Crippen LogP contribution in [0.15, 0.2) is 73.2 Å². The number of aromatic nitrogens is 6. The molecule has 0 fully saturated rings. The number of anilines is 1. The molecule has 0 atom stereocenters. The molecule has 3 aromatic heterocycles. The maximum absolute atomic E-state index is 13.1. The Hall–Kier alpha value is -4.54. The number of amides is 1. The number of hydrogen-bond donors (Lipinski definition) is 1. The summed E-state index contributed by atoms with van der Waals surface area (Å²) in [7, 11) is 0. The molecular formula is C23H16F3N7O. The Morgan fingerprint density at radius 2 is 1.76 bits per heavy atom. The van der Waals surface area contributed by atoms with Crippen molar-refractivity contribution in [3.05, 3.63) is 90.0 Å². The number of carbonyl (C=O) groups is 1. The SMILES string of the molecule is Cc1cc(NC(=O)c2cccc(C(F)(F)F)c2)n(-c2ncnc3c2cnn3-c2ccccc2)n1. The lowest BCUT2D eigenvalue weighted by atomic mass is 10.1. The first-order valence-electron chi connectivity index (χ1n) is 10.1. The Balaban J connectivity index is 1.53. The summed E-state index contributed by atoms with van der Waals surface area (Å²) in [4.78, 5) is 21.4.